The van der Waals surface area contributed by atoms with Crippen molar-refractivity contribution in [3.8, 4) is 6.07 Å². The number of para-hydroxylation sites is 1. The van der Waals surface area contributed by atoms with E-state index >= 15 is 0 Å². The summed E-state index contributed by atoms with van der Waals surface area (Å²) in [4.78, 5) is 40.5. The van der Waals surface area contributed by atoms with E-state index in [4.69, 9.17) is 15.2 Å². The monoisotopic (exact) mass is 407 g/mol. The highest BCUT2D eigenvalue weighted by Crippen LogP contribution is 2.57. The first-order valence-corrected chi connectivity index (χ1v) is 9.50. The molecule has 2 heterocycles. The van der Waals surface area contributed by atoms with E-state index in [0.29, 0.717) is 23.4 Å². The molecular formula is C22H21N3O5. The number of hydrogen-bond donors (Lipinski definition) is 1. The summed E-state index contributed by atoms with van der Waals surface area (Å²) in [5.74, 6) is -1.38. The van der Waals surface area contributed by atoms with E-state index in [2.05, 4.69) is 0 Å². The molecule has 1 aliphatic carbocycles. The van der Waals surface area contributed by atoms with Gasteiger partial charge in [0.25, 0.3) is 0 Å². The molecule has 1 atom stereocenters. The number of methoxy groups -OCH3 is 1. The number of ether oxygens (including phenoxy) is 2. The molecule has 8 heteroatoms. The quantitative estimate of drug-likeness (QED) is 0.742. The fourth-order valence-electron chi connectivity index (χ4n) is 4.69. The molecule has 1 amide bonds. The van der Waals surface area contributed by atoms with Gasteiger partial charge in [-0.1, -0.05) is 32.0 Å². The van der Waals surface area contributed by atoms with Gasteiger partial charge in [-0.2, -0.15) is 5.26 Å². The van der Waals surface area contributed by atoms with Crippen LogP contribution in [0.15, 0.2) is 47.1 Å². The minimum atomic E-state index is -1.73. The van der Waals surface area contributed by atoms with Gasteiger partial charge >= 0.3 is 5.97 Å². The number of allylic oxidation sites excluding steroid dienone is 1. The molecule has 154 valence electrons. The van der Waals surface area contributed by atoms with Crippen molar-refractivity contribution in [1.82, 2.24) is 0 Å². The molecule has 0 bridgehead atoms. The average Bonchev–Trinajstić information content (AvgIpc) is 2.90. The number of nitriles is 1. The molecule has 1 unspecified atom stereocenters. The summed E-state index contributed by atoms with van der Waals surface area (Å²) in [7, 11) is 1.23. The highest BCUT2D eigenvalue weighted by molar-refractivity contribution is 6.21. The Morgan fingerprint density at radius 2 is 2.00 bits per heavy atom. The van der Waals surface area contributed by atoms with Crippen LogP contribution >= 0.6 is 0 Å². The number of carbonyl (C=O) groups is 3. The number of esters is 1. The third-order valence-corrected chi connectivity index (χ3v) is 5.86. The summed E-state index contributed by atoms with van der Waals surface area (Å²) in [5, 5.41) is 9.96. The fourth-order valence-corrected chi connectivity index (χ4v) is 4.69. The van der Waals surface area contributed by atoms with Crippen molar-refractivity contribution < 1.29 is 23.9 Å². The lowest BCUT2D eigenvalue weighted by molar-refractivity contribution is -0.140. The number of fused-ring (bicyclic) bond motifs is 3. The molecule has 1 spiro atoms. The molecule has 0 aromatic heterocycles. The normalized spacial score (nSPS) is 24.4. The van der Waals surface area contributed by atoms with Crippen LogP contribution in [0, 0.1) is 16.7 Å². The minimum absolute atomic E-state index is 0.136. The molecular weight excluding hydrogens is 386 g/mol. The van der Waals surface area contributed by atoms with Gasteiger partial charge in [0, 0.05) is 24.1 Å². The maximum Gasteiger partial charge on any atom is 0.325 e. The van der Waals surface area contributed by atoms with Gasteiger partial charge in [0.15, 0.2) is 5.78 Å². The molecule has 0 radical (unpaired) electrons. The Bertz CT molecular complexity index is 1110. The van der Waals surface area contributed by atoms with Crippen LogP contribution in [0.3, 0.4) is 0 Å². The van der Waals surface area contributed by atoms with Crippen LogP contribution in [0.1, 0.15) is 32.3 Å². The van der Waals surface area contributed by atoms with Gasteiger partial charge < -0.3 is 15.2 Å². The number of rotatable bonds is 2. The third kappa shape index (κ3) is 2.48. The molecule has 30 heavy (non-hydrogen) atoms. The van der Waals surface area contributed by atoms with Crippen molar-refractivity contribution in [2.75, 3.05) is 18.6 Å². The third-order valence-electron chi connectivity index (χ3n) is 5.86. The Hall–Kier alpha value is -3.60. The predicted molar refractivity (Wildman–Crippen MR) is 105 cm³/mol. The minimum Gasteiger partial charge on any atom is -0.468 e. The summed E-state index contributed by atoms with van der Waals surface area (Å²) in [5.41, 5.74) is 4.85. The number of hydrogen-bond acceptors (Lipinski definition) is 7. The molecule has 8 nitrogen and oxygen atoms in total. The summed E-state index contributed by atoms with van der Waals surface area (Å²) >= 11 is 0. The SMILES string of the molecule is COC(=O)CN1C(=O)C2(C(C#N)=C(N)OC3=C2C(=O)CC(C)(C)C3)c2ccccc21. The maximum atomic E-state index is 13.9. The lowest BCUT2D eigenvalue weighted by atomic mass is 9.62. The van der Waals surface area contributed by atoms with E-state index in [0.717, 1.165) is 0 Å². The van der Waals surface area contributed by atoms with Crippen LogP contribution in [0.4, 0.5) is 5.69 Å². The van der Waals surface area contributed by atoms with Crippen molar-refractivity contribution in [2.45, 2.75) is 32.1 Å². The molecule has 0 fully saturated rings. The highest BCUT2D eigenvalue weighted by Gasteiger charge is 2.63. The van der Waals surface area contributed by atoms with Crippen LogP contribution in [0.25, 0.3) is 0 Å². The predicted octanol–water partition coefficient (Wildman–Crippen LogP) is 1.81. The summed E-state index contributed by atoms with van der Waals surface area (Å²) < 4.78 is 10.5. The highest BCUT2D eigenvalue weighted by atomic mass is 16.5. The van der Waals surface area contributed by atoms with Crippen molar-refractivity contribution in [2.24, 2.45) is 11.1 Å². The lowest BCUT2D eigenvalue weighted by Crippen LogP contribution is -2.51. The second-order valence-corrected chi connectivity index (χ2v) is 8.43. The molecule has 4 rings (SSSR count). The number of amides is 1. The van der Waals surface area contributed by atoms with Gasteiger partial charge in [0.1, 0.15) is 29.4 Å². The summed E-state index contributed by atoms with van der Waals surface area (Å²) in [6.07, 6.45) is 0.587. The van der Waals surface area contributed by atoms with Crippen LogP contribution in [-0.2, 0) is 29.3 Å². The maximum absolute atomic E-state index is 13.9. The molecule has 0 saturated heterocycles. The van der Waals surface area contributed by atoms with Gasteiger partial charge in [-0.3, -0.25) is 19.3 Å². The first-order chi connectivity index (χ1) is 14.2. The van der Waals surface area contributed by atoms with Crippen molar-refractivity contribution >= 4 is 23.3 Å². The molecule has 1 aromatic carbocycles. The van der Waals surface area contributed by atoms with Crippen LogP contribution < -0.4 is 10.6 Å². The fraction of sp³-hybridized carbons (Fsp3) is 0.364. The Balaban J connectivity index is 2.05. The Morgan fingerprint density at radius 1 is 1.30 bits per heavy atom. The van der Waals surface area contributed by atoms with E-state index in [1.165, 1.54) is 12.0 Å². The van der Waals surface area contributed by atoms with Gasteiger partial charge in [-0.25, -0.2) is 0 Å². The zero-order chi connectivity index (χ0) is 21.8. The van der Waals surface area contributed by atoms with E-state index < -0.39 is 17.3 Å². The molecule has 1 aromatic rings. The van der Waals surface area contributed by atoms with Crippen molar-refractivity contribution in [3.05, 3.63) is 52.6 Å². The first-order valence-electron chi connectivity index (χ1n) is 9.50. The van der Waals surface area contributed by atoms with Gasteiger partial charge in [0.05, 0.1) is 12.7 Å². The lowest BCUT2D eigenvalue weighted by Gasteiger charge is -2.41. The summed E-state index contributed by atoms with van der Waals surface area (Å²) in [6, 6.07) is 8.78. The molecule has 0 saturated carbocycles. The molecule has 3 aliphatic rings. The number of benzene rings is 1. The van der Waals surface area contributed by atoms with E-state index in [9.17, 15) is 19.6 Å². The zero-order valence-corrected chi connectivity index (χ0v) is 16.9. The number of ketones is 1. The Labute approximate surface area is 173 Å². The smallest absolute Gasteiger partial charge is 0.325 e. The van der Waals surface area contributed by atoms with Gasteiger partial charge in [-0.15, -0.1) is 0 Å². The Morgan fingerprint density at radius 3 is 2.67 bits per heavy atom. The van der Waals surface area contributed by atoms with E-state index in [1.807, 2.05) is 19.9 Å². The van der Waals surface area contributed by atoms with Crippen molar-refractivity contribution in [1.29, 1.82) is 5.26 Å². The van der Waals surface area contributed by atoms with Crippen molar-refractivity contribution in [3.63, 3.8) is 0 Å². The van der Waals surface area contributed by atoms with Crippen LogP contribution in [-0.4, -0.2) is 31.3 Å². The van der Waals surface area contributed by atoms with Gasteiger partial charge in [0.2, 0.25) is 11.8 Å². The zero-order valence-electron chi connectivity index (χ0n) is 16.9. The number of Topliss-reactive ketones (excluding diaryl/α,β-unsaturated/α-hetero) is 1. The van der Waals surface area contributed by atoms with E-state index in [1.54, 1.807) is 24.3 Å². The standard InChI is InChI=1S/C22H21N3O5/c1-21(2)8-15(26)18-16(9-21)30-19(24)13(10-23)22(18)12-6-4-5-7-14(12)25(20(22)28)11-17(27)29-3/h4-7H,8-9,11,24H2,1-3H3. The average molecular weight is 407 g/mol. The largest absolute Gasteiger partial charge is 0.468 e. The number of nitrogens with two attached hydrogens (primary N) is 1. The number of carbonyl (C=O) groups excluding carboxylic acids is 3. The molecule has 2 aliphatic heterocycles. The van der Waals surface area contributed by atoms with Gasteiger partial charge in [-0.05, 0) is 11.5 Å². The van der Waals surface area contributed by atoms with Crippen LogP contribution in [0.5, 0.6) is 0 Å². The molecule has 2 N–H and O–H groups in total. The van der Waals surface area contributed by atoms with Crippen LogP contribution in [0.2, 0.25) is 0 Å². The summed E-state index contributed by atoms with van der Waals surface area (Å²) in [6.45, 7) is 3.51. The first kappa shape index (κ1) is 19.7. The topological polar surface area (TPSA) is 123 Å². The Kier molecular flexibility index (Phi) is 4.24. The van der Waals surface area contributed by atoms with E-state index in [-0.39, 0.29) is 41.2 Å². The second kappa shape index (κ2) is 6.46. The second-order valence-electron chi connectivity index (χ2n) is 8.43. The number of nitrogens with zero attached hydrogens (tertiary/aromatic N) is 2. The number of anilines is 1.